The predicted molar refractivity (Wildman–Crippen MR) is 112 cm³/mol. The second kappa shape index (κ2) is 10.2. The molecule has 1 aromatic heterocycles. The van der Waals surface area contributed by atoms with Crippen molar-refractivity contribution >= 4 is 17.6 Å². The summed E-state index contributed by atoms with van der Waals surface area (Å²) in [5.74, 6) is -1.66. The second-order valence-corrected chi connectivity index (χ2v) is 8.73. The topological polar surface area (TPSA) is 132 Å². The number of aliphatic hydroxyl groups is 3. The highest BCUT2D eigenvalue weighted by atomic mass is 35.5. The van der Waals surface area contributed by atoms with Crippen LogP contribution in [0.25, 0.3) is 0 Å². The van der Waals surface area contributed by atoms with Crippen molar-refractivity contribution in [3.63, 3.8) is 0 Å². The molecule has 1 fully saturated rings. The number of halogens is 1. The standard InChI is InChI=1S/C22H27ClN2O7/c1-25(2,21-18(28)16(26)17(27)20(32-21)22(29)30)11-12-31-19(15-5-3-4-10-24-15)13-6-8-14(23)9-7-13/h3-10,16-21,26-28H,11-12H2,1-2H3/t16-,17-,18+,19?,20-,21+/m0/s1. The number of aromatic nitrogens is 1. The number of nitrogens with zero attached hydrogens (tertiary/aromatic N) is 2. The Morgan fingerprint density at radius 2 is 1.84 bits per heavy atom. The van der Waals surface area contributed by atoms with E-state index in [4.69, 9.17) is 21.1 Å². The first-order chi connectivity index (χ1) is 15.1. The van der Waals surface area contributed by atoms with Crippen LogP contribution in [-0.4, -0.2) is 88.6 Å². The highest BCUT2D eigenvalue weighted by Gasteiger charge is 2.50. The fourth-order valence-electron chi connectivity index (χ4n) is 3.69. The maximum atomic E-state index is 11.3. The van der Waals surface area contributed by atoms with Crippen LogP contribution in [0.3, 0.4) is 0 Å². The molecule has 0 amide bonds. The minimum absolute atomic E-state index is 0.0374. The molecule has 174 valence electrons. The number of aliphatic carboxylic acids is 1. The van der Waals surface area contributed by atoms with Gasteiger partial charge in [0.1, 0.15) is 31.0 Å². The largest absolute Gasteiger partial charge is 0.547 e. The van der Waals surface area contributed by atoms with Gasteiger partial charge in [0.15, 0.2) is 6.10 Å². The van der Waals surface area contributed by atoms with E-state index in [0.717, 1.165) is 5.56 Å². The lowest BCUT2D eigenvalue weighted by atomic mass is 9.97. The minimum atomic E-state index is -1.79. The van der Waals surface area contributed by atoms with Gasteiger partial charge in [-0.2, -0.15) is 0 Å². The molecule has 0 saturated carbocycles. The van der Waals surface area contributed by atoms with Gasteiger partial charge in [-0.15, -0.1) is 0 Å². The van der Waals surface area contributed by atoms with Gasteiger partial charge in [0.25, 0.3) is 0 Å². The Kier molecular flexibility index (Phi) is 7.84. The number of aliphatic hydroxyl groups excluding tert-OH is 3. The molecule has 1 aliphatic heterocycles. The quantitative estimate of drug-likeness (QED) is 0.442. The molecule has 0 aliphatic carbocycles. The lowest BCUT2D eigenvalue weighted by Crippen LogP contribution is -2.69. The third kappa shape index (κ3) is 5.44. The third-order valence-corrected chi connectivity index (χ3v) is 5.84. The number of quaternary nitrogens is 1. The summed E-state index contributed by atoms with van der Waals surface area (Å²) in [7, 11) is 3.40. The number of benzene rings is 1. The molecule has 1 aromatic carbocycles. The Labute approximate surface area is 191 Å². The molecule has 3 rings (SSSR count). The smallest absolute Gasteiger partial charge is 0.222 e. The average molecular weight is 467 g/mol. The van der Waals surface area contributed by atoms with Crippen molar-refractivity contribution in [3.8, 4) is 0 Å². The number of ether oxygens (including phenoxy) is 2. The summed E-state index contributed by atoms with van der Waals surface area (Å²) >= 11 is 6.00. The lowest BCUT2D eigenvalue weighted by Gasteiger charge is -2.47. The van der Waals surface area contributed by atoms with Crippen LogP contribution in [0.1, 0.15) is 17.4 Å². The maximum absolute atomic E-state index is 11.3. The first kappa shape index (κ1) is 24.5. The number of hydrogen-bond acceptors (Lipinski definition) is 8. The molecule has 0 radical (unpaired) electrons. The summed E-state index contributed by atoms with van der Waals surface area (Å²) in [6, 6.07) is 12.7. The van der Waals surface area contributed by atoms with Gasteiger partial charge >= 0.3 is 0 Å². The molecule has 0 spiro atoms. The molecular formula is C22H27ClN2O7. The fourth-order valence-corrected chi connectivity index (χ4v) is 3.81. The molecule has 1 unspecified atom stereocenters. The van der Waals surface area contributed by atoms with Gasteiger partial charge in [-0.25, -0.2) is 0 Å². The van der Waals surface area contributed by atoms with Crippen molar-refractivity contribution in [3.05, 3.63) is 64.9 Å². The summed E-state index contributed by atoms with van der Waals surface area (Å²) < 4.78 is 11.5. The van der Waals surface area contributed by atoms with Crippen LogP contribution in [0, 0.1) is 0 Å². The lowest BCUT2D eigenvalue weighted by molar-refractivity contribution is -0.945. The van der Waals surface area contributed by atoms with Crippen LogP contribution in [0.5, 0.6) is 0 Å². The molecule has 2 heterocycles. The normalized spacial score (nSPS) is 27.1. The van der Waals surface area contributed by atoms with Crippen molar-refractivity contribution in [1.29, 1.82) is 0 Å². The van der Waals surface area contributed by atoms with E-state index in [-0.39, 0.29) is 11.1 Å². The summed E-state index contributed by atoms with van der Waals surface area (Å²) in [6.07, 6.45) is -6.67. The number of carboxylic acids is 1. The van der Waals surface area contributed by atoms with Crippen LogP contribution in [-0.2, 0) is 14.3 Å². The molecule has 10 heteroatoms. The molecule has 6 atom stereocenters. The van der Waals surface area contributed by atoms with Crippen LogP contribution < -0.4 is 5.11 Å². The van der Waals surface area contributed by atoms with Gasteiger partial charge in [-0.1, -0.05) is 29.8 Å². The van der Waals surface area contributed by atoms with Gasteiger partial charge < -0.3 is 34.7 Å². The summed E-state index contributed by atoms with van der Waals surface area (Å²) in [6.45, 7) is 0.485. The number of carboxylic acid groups (broad SMARTS) is 1. The Morgan fingerprint density at radius 3 is 2.44 bits per heavy atom. The summed E-state index contributed by atoms with van der Waals surface area (Å²) in [5.41, 5.74) is 1.55. The highest BCUT2D eigenvalue weighted by molar-refractivity contribution is 6.30. The van der Waals surface area contributed by atoms with Crippen LogP contribution >= 0.6 is 11.6 Å². The zero-order valence-electron chi connectivity index (χ0n) is 17.7. The van der Waals surface area contributed by atoms with Gasteiger partial charge in [0.2, 0.25) is 6.23 Å². The summed E-state index contributed by atoms with van der Waals surface area (Å²) in [4.78, 5) is 15.7. The Balaban J connectivity index is 1.73. The Hall–Kier alpha value is -2.11. The minimum Gasteiger partial charge on any atom is -0.547 e. The number of rotatable bonds is 8. The number of hydrogen-bond donors (Lipinski definition) is 3. The number of carbonyl (C=O) groups is 1. The third-order valence-electron chi connectivity index (χ3n) is 5.59. The molecule has 2 aromatic rings. The molecule has 1 aliphatic rings. The number of likely N-dealkylation sites (N-methyl/N-ethyl adjacent to an activating group) is 1. The highest BCUT2D eigenvalue weighted by Crippen LogP contribution is 2.28. The van der Waals surface area contributed by atoms with Crippen LogP contribution in [0.2, 0.25) is 5.02 Å². The van der Waals surface area contributed by atoms with Crippen molar-refractivity contribution in [2.75, 3.05) is 27.2 Å². The van der Waals surface area contributed by atoms with Gasteiger partial charge in [-0.05, 0) is 29.8 Å². The zero-order valence-corrected chi connectivity index (χ0v) is 18.5. The SMILES string of the molecule is C[N+](C)(CCOC(c1ccc(Cl)cc1)c1ccccn1)[C@@H]1O[C@H](C(=O)[O-])[C@@H](O)[C@H](O)[C@H]1O. The first-order valence-corrected chi connectivity index (χ1v) is 10.5. The van der Waals surface area contributed by atoms with E-state index < -0.39 is 42.7 Å². The first-order valence-electron chi connectivity index (χ1n) is 10.1. The molecular weight excluding hydrogens is 440 g/mol. The van der Waals surface area contributed by atoms with Gasteiger partial charge in [0, 0.05) is 11.2 Å². The van der Waals surface area contributed by atoms with Crippen molar-refractivity contribution in [2.24, 2.45) is 0 Å². The Morgan fingerprint density at radius 1 is 1.16 bits per heavy atom. The average Bonchev–Trinajstić information content (AvgIpc) is 2.76. The van der Waals surface area contributed by atoms with Crippen molar-refractivity contribution in [1.82, 2.24) is 4.98 Å². The fraction of sp³-hybridized carbons (Fsp3) is 0.455. The van der Waals surface area contributed by atoms with Gasteiger partial charge in [-0.3, -0.25) is 9.47 Å². The number of pyridine rings is 1. The second-order valence-electron chi connectivity index (χ2n) is 8.30. The van der Waals surface area contributed by atoms with E-state index in [1.54, 1.807) is 38.5 Å². The van der Waals surface area contributed by atoms with E-state index in [9.17, 15) is 25.2 Å². The van der Waals surface area contributed by atoms with Crippen LogP contribution in [0.4, 0.5) is 0 Å². The summed E-state index contributed by atoms with van der Waals surface area (Å²) in [5, 5.41) is 42.3. The monoisotopic (exact) mass is 466 g/mol. The molecule has 32 heavy (non-hydrogen) atoms. The van der Waals surface area contributed by atoms with Crippen molar-refractivity contribution in [2.45, 2.75) is 36.7 Å². The van der Waals surface area contributed by atoms with Crippen LogP contribution in [0.15, 0.2) is 48.7 Å². The van der Waals surface area contributed by atoms with E-state index in [1.807, 2.05) is 24.3 Å². The molecule has 0 bridgehead atoms. The van der Waals surface area contributed by atoms with E-state index in [2.05, 4.69) is 4.98 Å². The Bertz CT molecular complexity index is 897. The maximum Gasteiger partial charge on any atom is 0.222 e. The zero-order chi connectivity index (χ0) is 23.5. The molecule has 1 saturated heterocycles. The molecule has 9 nitrogen and oxygen atoms in total. The van der Waals surface area contributed by atoms with Crippen molar-refractivity contribution < 1.29 is 39.2 Å². The number of carbonyl (C=O) groups excluding carboxylic acids is 1. The van der Waals surface area contributed by atoms with E-state index in [1.165, 1.54) is 0 Å². The van der Waals surface area contributed by atoms with E-state index >= 15 is 0 Å². The molecule has 3 N–H and O–H groups in total. The van der Waals surface area contributed by atoms with E-state index in [0.29, 0.717) is 17.3 Å². The van der Waals surface area contributed by atoms with Gasteiger partial charge in [0.05, 0.1) is 32.4 Å². The predicted octanol–water partition coefficient (Wildman–Crippen LogP) is -0.525.